The van der Waals surface area contributed by atoms with Gasteiger partial charge in [0.1, 0.15) is 17.1 Å². The predicted octanol–water partition coefficient (Wildman–Crippen LogP) is 7.80. The highest BCUT2D eigenvalue weighted by Crippen LogP contribution is 2.35. The van der Waals surface area contributed by atoms with Gasteiger partial charge in [-0.25, -0.2) is 44.7 Å². The highest BCUT2D eigenvalue weighted by Gasteiger charge is 2.25. The maximum Gasteiger partial charge on any atom is 0.269 e. The van der Waals surface area contributed by atoms with Crippen molar-refractivity contribution in [1.29, 1.82) is 5.26 Å². The summed E-state index contributed by atoms with van der Waals surface area (Å²) < 4.78 is 76.7. The molecule has 0 aliphatic carbocycles. The van der Waals surface area contributed by atoms with Crippen LogP contribution in [0.1, 0.15) is 16.7 Å². The standard InChI is InChI=1S/C22H18N4O4S.C21H18IN3O4S/c1-14-4-7-17(8-5-14)31(27,28)26-13-16(11-23)21-22(26)24-12-18(25-21)15-6-9-19(29-2)20(10-15)30-3;1-13-4-7-15(8-5-13)30(26,27)25-12-16(22)20-21(25)23-11-17(24-20)14-6-9-18(28-2)19(10-14)29-3/h4-10,12-13H,1-3H3;4-12H,1-3H3. The van der Waals surface area contributed by atoms with Gasteiger partial charge in [-0.2, -0.15) is 5.26 Å². The molecule has 0 radical (unpaired) electrons. The monoisotopic (exact) mass is 969 g/mol. The van der Waals surface area contributed by atoms with Crippen molar-refractivity contribution in [2.24, 2.45) is 0 Å². The van der Waals surface area contributed by atoms with E-state index in [-0.39, 0.29) is 32.2 Å². The minimum atomic E-state index is -3.94. The Kier molecular flexibility index (Phi) is 12.0. The molecule has 0 N–H and O–H groups in total. The molecule has 0 saturated carbocycles. The first-order chi connectivity index (χ1) is 29.2. The Morgan fingerprint density at radius 3 is 1.41 bits per heavy atom. The van der Waals surface area contributed by atoms with Crippen LogP contribution in [0.2, 0.25) is 0 Å². The van der Waals surface area contributed by atoms with E-state index < -0.39 is 20.0 Å². The lowest BCUT2D eigenvalue weighted by Crippen LogP contribution is -2.12. The lowest BCUT2D eigenvalue weighted by atomic mass is 10.1. The summed E-state index contributed by atoms with van der Waals surface area (Å²) in [6.45, 7) is 3.78. The molecule has 4 aromatic carbocycles. The van der Waals surface area contributed by atoms with Crippen LogP contribution >= 0.6 is 22.6 Å². The van der Waals surface area contributed by atoms with Crippen LogP contribution in [0.25, 0.3) is 44.8 Å². The molecule has 0 fully saturated rings. The smallest absolute Gasteiger partial charge is 0.269 e. The molecule has 310 valence electrons. The molecule has 4 aromatic heterocycles. The number of halogens is 1. The molecule has 0 atom stereocenters. The lowest BCUT2D eigenvalue weighted by molar-refractivity contribution is 0.355. The van der Waals surface area contributed by atoms with Crippen LogP contribution in [0.3, 0.4) is 0 Å². The molecular weight excluding hydrogens is 934 g/mol. The number of benzene rings is 4. The summed E-state index contributed by atoms with van der Waals surface area (Å²) in [5.41, 5.74) is 5.66. The second-order valence-electron chi connectivity index (χ2n) is 13.4. The first-order valence-electron chi connectivity index (χ1n) is 18.1. The molecule has 4 heterocycles. The van der Waals surface area contributed by atoms with Crippen molar-refractivity contribution in [3.63, 3.8) is 0 Å². The third kappa shape index (κ3) is 8.18. The fraction of sp³-hybridized carbons (Fsp3) is 0.140. The summed E-state index contributed by atoms with van der Waals surface area (Å²) in [5, 5.41) is 9.57. The molecule has 0 unspecified atom stereocenters. The van der Waals surface area contributed by atoms with Crippen LogP contribution in [0, 0.1) is 28.7 Å². The Bertz CT molecular complexity index is 3220. The van der Waals surface area contributed by atoms with Crippen molar-refractivity contribution in [2.45, 2.75) is 23.6 Å². The number of aryl methyl sites for hydroxylation is 2. The summed E-state index contributed by atoms with van der Waals surface area (Å²) in [7, 11) is -1.52. The molecule has 0 amide bonds. The lowest BCUT2D eigenvalue weighted by Gasteiger charge is -2.10. The van der Waals surface area contributed by atoms with Gasteiger partial charge in [-0.15, -0.1) is 0 Å². The molecule has 0 saturated heterocycles. The molecule has 0 aliphatic rings. The average Bonchev–Trinajstić information content (AvgIpc) is 3.84. The average molecular weight is 970 g/mol. The maximum atomic E-state index is 13.2. The zero-order valence-electron chi connectivity index (χ0n) is 33.5. The minimum absolute atomic E-state index is 0.0846. The van der Waals surface area contributed by atoms with E-state index >= 15 is 0 Å². The fourth-order valence-corrected chi connectivity index (χ4v) is 9.71. The number of ether oxygens (including phenoxy) is 4. The second-order valence-corrected chi connectivity index (χ2v) is 18.1. The molecule has 8 rings (SSSR count). The van der Waals surface area contributed by atoms with Gasteiger partial charge >= 0.3 is 0 Å². The minimum Gasteiger partial charge on any atom is -0.493 e. The number of fused-ring (bicyclic) bond motifs is 2. The second kappa shape index (κ2) is 17.2. The van der Waals surface area contributed by atoms with E-state index in [0.717, 1.165) is 20.7 Å². The first-order valence-corrected chi connectivity index (χ1v) is 22.1. The molecule has 8 aromatic rings. The van der Waals surface area contributed by atoms with Gasteiger partial charge in [-0.3, -0.25) is 0 Å². The van der Waals surface area contributed by atoms with E-state index in [1.54, 1.807) is 94.4 Å². The number of rotatable bonds is 10. The fourth-order valence-electron chi connectivity index (χ4n) is 6.26. The van der Waals surface area contributed by atoms with Crippen molar-refractivity contribution in [2.75, 3.05) is 28.4 Å². The van der Waals surface area contributed by atoms with E-state index in [2.05, 4.69) is 42.5 Å². The SMILES string of the molecule is COc1ccc(-c2cnc3c(n2)c(C#N)cn3S(=O)(=O)c2ccc(C)cc2)cc1OC.COc1ccc(-c2cnc3c(n2)c(I)cn3S(=O)(=O)c2ccc(C)cc2)cc1OC. The maximum absolute atomic E-state index is 13.2. The van der Waals surface area contributed by atoms with Crippen LogP contribution in [0.4, 0.5) is 0 Å². The van der Waals surface area contributed by atoms with Gasteiger partial charge in [0.25, 0.3) is 20.0 Å². The van der Waals surface area contributed by atoms with Crippen molar-refractivity contribution >= 4 is 65.0 Å². The first kappa shape index (κ1) is 42.6. The Morgan fingerprint density at radius 2 is 0.984 bits per heavy atom. The topological polar surface area (TPSA) is 190 Å². The number of hydrogen-bond acceptors (Lipinski definition) is 13. The van der Waals surface area contributed by atoms with Gasteiger partial charge in [0.15, 0.2) is 34.3 Å². The van der Waals surface area contributed by atoms with Crippen molar-refractivity contribution in [1.82, 2.24) is 27.9 Å². The molecule has 18 heteroatoms. The molecule has 0 aliphatic heterocycles. The quantitative estimate of drug-likeness (QED) is 0.121. The summed E-state index contributed by atoms with van der Waals surface area (Å²) in [6, 6.07) is 25.9. The summed E-state index contributed by atoms with van der Waals surface area (Å²) in [5.74, 6) is 2.27. The number of aromatic nitrogens is 6. The zero-order chi connectivity index (χ0) is 43.6. The molecule has 15 nitrogen and oxygen atoms in total. The zero-order valence-corrected chi connectivity index (χ0v) is 37.3. The highest BCUT2D eigenvalue weighted by molar-refractivity contribution is 14.1. The molecule has 0 spiro atoms. The van der Waals surface area contributed by atoms with E-state index in [9.17, 15) is 22.1 Å². The van der Waals surface area contributed by atoms with Gasteiger partial charge in [0.2, 0.25) is 0 Å². The van der Waals surface area contributed by atoms with Crippen molar-refractivity contribution < 1.29 is 35.8 Å². The Balaban J connectivity index is 0.000000184. The normalized spacial score (nSPS) is 11.4. The van der Waals surface area contributed by atoms with Crippen molar-refractivity contribution in [3.05, 3.63) is 130 Å². The predicted molar refractivity (Wildman–Crippen MR) is 237 cm³/mol. The molecule has 61 heavy (non-hydrogen) atoms. The van der Waals surface area contributed by atoms with Crippen LogP contribution in [0.5, 0.6) is 23.0 Å². The summed E-state index contributed by atoms with van der Waals surface area (Å²) in [6.07, 6.45) is 5.81. The Morgan fingerprint density at radius 1 is 0.574 bits per heavy atom. The molecule has 0 bridgehead atoms. The van der Waals surface area contributed by atoms with E-state index in [1.807, 2.05) is 32.0 Å². The van der Waals surface area contributed by atoms with Gasteiger partial charge < -0.3 is 18.9 Å². The van der Waals surface area contributed by atoms with Gasteiger partial charge in [-0.1, -0.05) is 35.4 Å². The summed E-state index contributed by atoms with van der Waals surface area (Å²) in [4.78, 5) is 18.3. The van der Waals surface area contributed by atoms with Crippen LogP contribution in [-0.2, 0) is 20.0 Å². The number of hydrogen-bond donors (Lipinski definition) is 0. The van der Waals surface area contributed by atoms with Gasteiger partial charge in [0.05, 0.1) is 71.1 Å². The number of nitrogens with zero attached hydrogens (tertiary/aromatic N) is 7. The molecular formula is C43H36IN7O8S2. The highest BCUT2D eigenvalue weighted by atomic mass is 127. The number of nitriles is 1. The largest absolute Gasteiger partial charge is 0.493 e. The third-order valence-corrected chi connectivity index (χ3v) is 13.6. The van der Waals surface area contributed by atoms with Gasteiger partial charge in [0, 0.05) is 23.5 Å². The van der Waals surface area contributed by atoms with E-state index in [0.29, 0.717) is 49.0 Å². The Hall–Kier alpha value is -6.56. The van der Waals surface area contributed by atoms with Crippen molar-refractivity contribution in [3.8, 4) is 51.6 Å². The van der Waals surface area contributed by atoms with Crippen LogP contribution < -0.4 is 18.9 Å². The number of methoxy groups -OCH3 is 4. The van der Waals surface area contributed by atoms with Crippen LogP contribution in [0.15, 0.2) is 120 Å². The third-order valence-electron chi connectivity index (χ3n) is 9.52. The van der Waals surface area contributed by atoms with Gasteiger partial charge in [-0.05, 0) is 97.1 Å². The van der Waals surface area contributed by atoms with E-state index in [4.69, 9.17) is 18.9 Å². The van der Waals surface area contributed by atoms with Crippen LogP contribution in [-0.4, -0.2) is 73.2 Å². The Labute approximate surface area is 365 Å². The summed E-state index contributed by atoms with van der Waals surface area (Å²) >= 11 is 2.07. The van der Waals surface area contributed by atoms with E-state index in [1.165, 1.54) is 35.6 Å².